The number of ether oxygens (including phenoxy) is 6. The summed E-state index contributed by atoms with van der Waals surface area (Å²) >= 11 is 0. The Hall–Kier alpha value is -3.78. The lowest BCUT2D eigenvalue weighted by atomic mass is 9.97. The van der Waals surface area contributed by atoms with E-state index in [2.05, 4.69) is 0 Å². The third kappa shape index (κ3) is 10.9. The van der Waals surface area contributed by atoms with Crippen molar-refractivity contribution in [2.24, 2.45) is 0 Å². The van der Waals surface area contributed by atoms with Crippen LogP contribution in [-0.2, 0) is 54.8 Å². The summed E-state index contributed by atoms with van der Waals surface area (Å²) in [5.41, 5.74) is 2.88. The Morgan fingerprint density at radius 2 is 0.857 bits per heavy atom. The molecule has 1 saturated heterocycles. The van der Waals surface area contributed by atoms with Crippen molar-refractivity contribution in [1.82, 2.24) is 0 Å². The van der Waals surface area contributed by atoms with Crippen molar-refractivity contribution in [2.75, 3.05) is 6.61 Å². The predicted molar refractivity (Wildman–Crippen MR) is 167 cm³/mol. The molecule has 6 nitrogen and oxygen atoms in total. The van der Waals surface area contributed by atoms with Gasteiger partial charge in [-0.3, -0.25) is 0 Å². The van der Waals surface area contributed by atoms with Gasteiger partial charge in [-0.05, 0) is 22.3 Å². The molecule has 0 aliphatic carbocycles. The van der Waals surface area contributed by atoms with Crippen molar-refractivity contribution in [3.8, 4) is 0 Å². The third-order valence-corrected chi connectivity index (χ3v) is 7.71. The fraction of sp³-hybridized carbons (Fsp3) is 0.351. The Morgan fingerprint density at radius 3 is 1.27 bits per heavy atom. The SMILES string of the molecule is FC(F)(F)C(O[C@@H]1O[C@H](COCc2ccccc2)[C@@H](OCc2ccccc2)[C@H](OCc2ccccc2)[C@H]1OCc1ccccc1)C(F)(F)F. The van der Waals surface area contributed by atoms with Crippen LogP contribution in [0.5, 0.6) is 0 Å². The van der Waals surface area contributed by atoms with E-state index in [0.717, 1.165) is 11.1 Å². The van der Waals surface area contributed by atoms with Crippen LogP contribution in [0.2, 0.25) is 0 Å². The molecule has 12 heteroatoms. The topological polar surface area (TPSA) is 55.4 Å². The molecule has 49 heavy (non-hydrogen) atoms. The van der Waals surface area contributed by atoms with Crippen molar-refractivity contribution < 1.29 is 54.8 Å². The molecule has 0 amide bonds. The smallest absolute Gasteiger partial charge is 0.374 e. The van der Waals surface area contributed by atoms with E-state index in [-0.39, 0.29) is 33.0 Å². The first-order valence-electron chi connectivity index (χ1n) is 15.6. The molecule has 5 atom stereocenters. The van der Waals surface area contributed by atoms with Gasteiger partial charge >= 0.3 is 12.4 Å². The van der Waals surface area contributed by atoms with Crippen LogP contribution in [-0.4, -0.2) is 55.8 Å². The molecule has 1 aliphatic rings. The van der Waals surface area contributed by atoms with Crippen LogP contribution in [0.15, 0.2) is 121 Å². The largest absolute Gasteiger partial charge is 0.423 e. The van der Waals surface area contributed by atoms with Gasteiger partial charge in [-0.25, -0.2) is 0 Å². The van der Waals surface area contributed by atoms with Crippen LogP contribution in [0.1, 0.15) is 22.3 Å². The van der Waals surface area contributed by atoms with E-state index in [0.29, 0.717) is 11.1 Å². The lowest BCUT2D eigenvalue weighted by molar-refractivity contribution is -0.394. The van der Waals surface area contributed by atoms with E-state index in [4.69, 9.17) is 28.4 Å². The molecular weight excluding hydrogens is 654 g/mol. The van der Waals surface area contributed by atoms with Gasteiger partial charge < -0.3 is 28.4 Å². The minimum atomic E-state index is -5.80. The van der Waals surface area contributed by atoms with Crippen LogP contribution in [0.25, 0.3) is 0 Å². The molecule has 262 valence electrons. The van der Waals surface area contributed by atoms with Gasteiger partial charge in [-0.2, -0.15) is 26.3 Å². The quantitative estimate of drug-likeness (QED) is 0.117. The van der Waals surface area contributed by atoms with Gasteiger partial charge in [0.05, 0.1) is 33.0 Å². The minimum Gasteiger partial charge on any atom is -0.374 e. The standard InChI is InChI=1S/C37H36F6O6/c38-36(39,40)35(37(41,42)43)49-34-33(47-24-29-19-11-4-12-20-29)32(46-23-28-17-9-3-10-18-28)31(45-22-27-15-7-2-8-16-27)30(48-34)25-44-21-26-13-5-1-6-14-26/h1-20,30-35H,21-25H2/t30-,31-,32+,33-,34+/m1/s1. The molecule has 0 N–H and O–H groups in total. The predicted octanol–water partition coefficient (Wildman–Crippen LogP) is 8.19. The second-order valence-corrected chi connectivity index (χ2v) is 11.4. The Kier molecular flexibility index (Phi) is 12.8. The van der Waals surface area contributed by atoms with E-state index in [1.54, 1.807) is 60.7 Å². The van der Waals surface area contributed by atoms with Crippen molar-refractivity contribution in [1.29, 1.82) is 0 Å². The van der Waals surface area contributed by atoms with Crippen molar-refractivity contribution in [3.63, 3.8) is 0 Å². The van der Waals surface area contributed by atoms with Gasteiger partial charge in [0.15, 0.2) is 6.29 Å². The van der Waals surface area contributed by atoms with E-state index in [1.165, 1.54) is 0 Å². The number of rotatable bonds is 15. The summed E-state index contributed by atoms with van der Waals surface area (Å²) < 4.78 is 119. The molecule has 0 aromatic heterocycles. The van der Waals surface area contributed by atoms with Gasteiger partial charge in [0.2, 0.25) is 0 Å². The van der Waals surface area contributed by atoms with Crippen molar-refractivity contribution in [3.05, 3.63) is 144 Å². The van der Waals surface area contributed by atoms with Crippen LogP contribution < -0.4 is 0 Å². The van der Waals surface area contributed by atoms with E-state index in [9.17, 15) is 26.3 Å². The number of hydrogen-bond donors (Lipinski definition) is 0. The molecule has 1 heterocycles. The molecule has 0 radical (unpaired) electrons. The average molecular weight is 691 g/mol. The lowest BCUT2D eigenvalue weighted by Gasteiger charge is -2.46. The Morgan fingerprint density at radius 1 is 0.490 bits per heavy atom. The Labute approximate surface area is 280 Å². The number of halogens is 6. The summed E-state index contributed by atoms with van der Waals surface area (Å²) in [6, 6.07) is 35.7. The second kappa shape index (κ2) is 17.2. The van der Waals surface area contributed by atoms with Crippen molar-refractivity contribution in [2.45, 2.75) is 75.6 Å². The Balaban J connectivity index is 1.51. The molecule has 0 bridgehead atoms. The average Bonchev–Trinajstić information content (AvgIpc) is 3.09. The third-order valence-electron chi connectivity index (χ3n) is 7.71. The van der Waals surface area contributed by atoms with Crippen molar-refractivity contribution >= 4 is 0 Å². The molecule has 1 fully saturated rings. The number of hydrogen-bond acceptors (Lipinski definition) is 6. The summed E-state index contributed by atoms with van der Waals surface area (Å²) in [6.07, 6.45) is -23.1. The maximum atomic E-state index is 13.9. The molecule has 4 aromatic rings. The zero-order valence-electron chi connectivity index (χ0n) is 26.3. The molecule has 5 rings (SSSR count). The second-order valence-electron chi connectivity index (χ2n) is 11.4. The van der Waals surface area contributed by atoms with Gasteiger partial charge in [0, 0.05) is 0 Å². The van der Waals surface area contributed by atoms with Crippen LogP contribution in [0.4, 0.5) is 26.3 Å². The molecule has 0 unspecified atom stereocenters. The zero-order chi connectivity index (χ0) is 34.7. The van der Waals surface area contributed by atoms with Crippen LogP contribution in [0.3, 0.4) is 0 Å². The molecule has 0 spiro atoms. The monoisotopic (exact) mass is 690 g/mol. The molecular formula is C37H36F6O6. The lowest BCUT2D eigenvalue weighted by Crippen LogP contribution is -2.63. The van der Waals surface area contributed by atoms with Crippen LogP contribution >= 0.6 is 0 Å². The highest BCUT2D eigenvalue weighted by Gasteiger charge is 2.61. The van der Waals surface area contributed by atoms with E-state index < -0.39 is 49.2 Å². The fourth-order valence-corrected chi connectivity index (χ4v) is 5.33. The van der Waals surface area contributed by atoms with Crippen LogP contribution in [0, 0.1) is 0 Å². The highest BCUT2D eigenvalue weighted by atomic mass is 19.4. The molecule has 4 aromatic carbocycles. The zero-order valence-corrected chi connectivity index (χ0v) is 26.3. The maximum absolute atomic E-state index is 13.9. The van der Waals surface area contributed by atoms with E-state index >= 15 is 0 Å². The number of alkyl halides is 6. The van der Waals surface area contributed by atoms with Gasteiger partial charge in [0.1, 0.15) is 24.4 Å². The summed E-state index contributed by atoms with van der Waals surface area (Å²) in [4.78, 5) is 0. The first kappa shape index (κ1) is 36.5. The summed E-state index contributed by atoms with van der Waals surface area (Å²) in [6.45, 7) is -0.403. The molecule has 1 aliphatic heterocycles. The number of benzene rings is 4. The first-order valence-corrected chi connectivity index (χ1v) is 15.6. The highest BCUT2D eigenvalue weighted by Crippen LogP contribution is 2.40. The van der Waals surface area contributed by atoms with Gasteiger partial charge in [0.25, 0.3) is 6.10 Å². The summed E-state index contributed by atoms with van der Waals surface area (Å²) in [5, 5.41) is 0. The fourth-order valence-electron chi connectivity index (χ4n) is 5.33. The summed E-state index contributed by atoms with van der Waals surface area (Å²) in [5.74, 6) is 0. The Bertz CT molecular complexity index is 1490. The maximum Gasteiger partial charge on any atom is 0.423 e. The molecule has 0 saturated carbocycles. The minimum absolute atomic E-state index is 0.0277. The van der Waals surface area contributed by atoms with E-state index in [1.807, 2.05) is 60.7 Å². The van der Waals surface area contributed by atoms with Gasteiger partial charge in [-0.15, -0.1) is 0 Å². The van der Waals surface area contributed by atoms with Gasteiger partial charge in [-0.1, -0.05) is 121 Å². The normalized spacial score (nSPS) is 21.6. The summed E-state index contributed by atoms with van der Waals surface area (Å²) in [7, 11) is 0. The highest BCUT2D eigenvalue weighted by molar-refractivity contribution is 5.16. The first-order chi connectivity index (χ1) is 23.6.